The highest BCUT2D eigenvalue weighted by Gasteiger charge is 2.48. The van der Waals surface area contributed by atoms with Gasteiger partial charge in [-0.05, 0) is 38.0 Å². The number of aryl methyl sites for hydroxylation is 1. The van der Waals surface area contributed by atoms with E-state index in [1.807, 2.05) is 13.8 Å². The Hall–Kier alpha value is -1.65. The Morgan fingerprint density at radius 2 is 2.10 bits per heavy atom. The maximum absolute atomic E-state index is 11.8. The lowest BCUT2D eigenvalue weighted by molar-refractivity contribution is -0.150. The molecule has 2 heterocycles. The smallest absolute Gasteiger partial charge is 0.311 e. The number of fused-ring (bicyclic) bond motifs is 1. The summed E-state index contributed by atoms with van der Waals surface area (Å²) < 4.78 is 0. The molecule has 5 nitrogen and oxygen atoms in total. The molecule has 0 saturated carbocycles. The van der Waals surface area contributed by atoms with Crippen LogP contribution in [-0.4, -0.2) is 34.1 Å². The molecule has 2 aliphatic rings. The summed E-state index contributed by atoms with van der Waals surface area (Å²) in [5.41, 5.74) is 1.75. The van der Waals surface area contributed by atoms with Gasteiger partial charge in [-0.3, -0.25) is 4.79 Å². The molecule has 0 radical (unpaired) electrons. The normalized spacial score (nSPS) is 25.2. The highest BCUT2D eigenvalue weighted by Crippen LogP contribution is 2.41. The molecular formula is C16H23N3O2. The van der Waals surface area contributed by atoms with E-state index < -0.39 is 11.4 Å². The molecule has 1 aliphatic carbocycles. The van der Waals surface area contributed by atoms with Crippen molar-refractivity contribution in [2.75, 3.05) is 18.0 Å². The molecule has 0 spiro atoms. The van der Waals surface area contributed by atoms with Crippen LogP contribution in [0.2, 0.25) is 0 Å². The van der Waals surface area contributed by atoms with Gasteiger partial charge < -0.3 is 10.0 Å². The largest absolute Gasteiger partial charge is 0.481 e. The minimum absolute atomic E-state index is 0.123. The van der Waals surface area contributed by atoms with Crippen LogP contribution in [0.15, 0.2) is 6.33 Å². The second-order valence-electron chi connectivity index (χ2n) is 6.62. The SMILES string of the molecule is CC(C)C1(C(=O)O)CCN(c2ncnc3c2CCCC3)C1. The first kappa shape index (κ1) is 14.3. The van der Waals surface area contributed by atoms with Crippen molar-refractivity contribution in [2.24, 2.45) is 11.3 Å². The van der Waals surface area contributed by atoms with Crippen LogP contribution in [0.4, 0.5) is 5.82 Å². The standard InChI is InChI=1S/C16H23N3O2/c1-11(2)16(15(20)21)7-8-19(9-16)14-12-5-3-4-6-13(12)17-10-18-14/h10-11H,3-9H2,1-2H3,(H,20,21). The minimum Gasteiger partial charge on any atom is -0.481 e. The van der Waals surface area contributed by atoms with Crippen molar-refractivity contribution in [1.29, 1.82) is 0 Å². The van der Waals surface area contributed by atoms with Crippen molar-refractivity contribution in [1.82, 2.24) is 9.97 Å². The number of rotatable bonds is 3. The summed E-state index contributed by atoms with van der Waals surface area (Å²) in [6, 6.07) is 0. The zero-order chi connectivity index (χ0) is 15.0. The number of aromatic nitrogens is 2. The maximum Gasteiger partial charge on any atom is 0.311 e. The minimum atomic E-state index is -0.678. The summed E-state index contributed by atoms with van der Waals surface area (Å²) in [6.07, 6.45) is 6.73. The number of aliphatic carboxylic acids is 1. The van der Waals surface area contributed by atoms with Crippen molar-refractivity contribution < 1.29 is 9.90 Å². The van der Waals surface area contributed by atoms with Crippen LogP contribution in [0.25, 0.3) is 0 Å². The monoisotopic (exact) mass is 289 g/mol. The second kappa shape index (κ2) is 5.28. The van der Waals surface area contributed by atoms with E-state index in [1.54, 1.807) is 6.33 Å². The van der Waals surface area contributed by atoms with Crippen molar-refractivity contribution >= 4 is 11.8 Å². The van der Waals surface area contributed by atoms with Crippen molar-refractivity contribution in [3.8, 4) is 0 Å². The van der Waals surface area contributed by atoms with E-state index in [-0.39, 0.29) is 5.92 Å². The van der Waals surface area contributed by atoms with Gasteiger partial charge in [0, 0.05) is 24.3 Å². The fraction of sp³-hybridized carbons (Fsp3) is 0.688. The Bertz CT molecular complexity index is 558. The lowest BCUT2D eigenvalue weighted by Gasteiger charge is -2.30. The molecule has 1 aliphatic heterocycles. The van der Waals surface area contributed by atoms with Gasteiger partial charge in [-0.1, -0.05) is 13.8 Å². The highest BCUT2D eigenvalue weighted by molar-refractivity contribution is 5.77. The number of carboxylic acid groups (broad SMARTS) is 1. The topological polar surface area (TPSA) is 66.3 Å². The molecule has 1 fully saturated rings. The molecule has 0 amide bonds. The predicted octanol–water partition coefficient (Wildman–Crippen LogP) is 2.29. The van der Waals surface area contributed by atoms with Crippen molar-refractivity contribution in [2.45, 2.75) is 46.0 Å². The number of carbonyl (C=O) groups is 1. The van der Waals surface area contributed by atoms with Gasteiger partial charge in [0.25, 0.3) is 0 Å². The third-order valence-corrected chi connectivity index (χ3v) is 5.23. The summed E-state index contributed by atoms with van der Waals surface area (Å²) in [5, 5.41) is 9.68. The number of hydrogen-bond acceptors (Lipinski definition) is 4. The zero-order valence-electron chi connectivity index (χ0n) is 12.8. The van der Waals surface area contributed by atoms with Crippen molar-refractivity contribution in [3.05, 3.63) is 17.6 Å². The maximum atomic E-state index is 11.8. The Morgan fingerprint density at radius 3 is 2.76 bits per heavy atom. The number of nitrogens with zero attached hydrogens (tertiary/aromatic N) is 3. The first-order chi connectivity index (χ1) is 10.0. The molecule has 1 saturated heterocycles. The Labute approximate surface area is 125 Å². The molecule has 0 aromatic carbocycles. The number of anilines is 1. The summed E-state index contributed by atoms with van der Waals surface area (Å²) >= 11 is 0. The molecular weight excluding hydrogens is 266 g/mol. The van der Waals surface area contributed by atoms with E-state index in [0.717, 1.165) is 30.9 Å². The second-order valence-corrected chi connectivity index (χ2v) is 6.62. The van der Waals surface area contributed by atoms with E-state index in [0.29, 0.717) is 13.0 Å². The van der Waals surface area contributed by atoms with Crippen LogP contribution in [0.5, 0.6) is 0 Å². The third-order valence-electron chi connectivity index (χ3n) is 5.23. The molecule has 1 atom stereocenters. The van der Waals surface area contributed by atoms with Gasteiger partial charge in [0.05, 0.1) is 5.41 Å². The van der Waals surface area contributed by atoms with E-state index in [1.165, 1.54) is 18.4 Å². The fourth-order valence-electron chi connectivity index (χ4n) is 3.68. The fourth-order valence-corrected chi connectivity index (χ4v) is 3.68. The van der Waals surface area contributed by atoms with Crippen LogP contribution < -0.4 is 4.90 Å². The van der Waals surface area contributed by atoms with E-state index in [2.05, 4.69) is 14.9 Å². The number of hydrogen-bond donors (Lipinski definition) is 1. The average molecular weight is 289 g/mol. The first-order valence-corrected chi connectivity index (χ1v) is 7.85. The van der Waals surface area contributed by atoms with E-state index >= 15 is 0 Å². The van der Waals surface area contributed by atoms with Gasteiger partial charge in [-0.2, -0.15) is 0 Å². The van der Waals surface area contributed by atoms with Gasteiger partial charge in [0.15, 0.2) is 0 Å². The van der Waals surface area contributed by atoms with Crippen LogP contribution in [0, 0.1) is 11.3 Å². The summed E-state index contributed by atoms with van der Waals surface area (Å²) in [4.78, 5) is 22.8. The van der Waals surface area contributed by atoms with Crippen molar-refractivity contribution in [3.63, 3.8) is 0 Å². The van der Waals surface area contributed by atoms with Crippen LogP contribution in [-0.2, 0) is 17.6 Å². The van der Waals surface area contributed by atoms with E-state index in [4.69, 9.17) is 0 Å². The molecule has 114 valence electrons. The first-order valence-electron chi connectivity index (χ1n) is 7.85. The molecule has 1 unspecified atom stereocenters. The molecule has 21 heavy (non-hydrogen) atoms. The molecule has 3 rings (SSSR count). The average Bonchev–Trinajstić information content (AvgIpc) is 2.93. The van der Waals surface area contributed by atoms with Crippen LogP contribution in [0.3, 0.4) is 0 Å². The quantitative estimate of drug-likeness (QED) is 0.924. The summed E-state index contributed by atoms with van der Waals surface area (Å²) in [5.74, 6) is 0.420. The number of carboxylic acids is 1. The van der Waals surface area contributed by atoms with Crippen LogP contribution >= 0.6 is 0 Å². The molecule has 0 bridgehead atoms. The zero-order valence-corrected chi connectivity index (χ0v) is 12.8. The Kier molecular flexibility index (Phi) is 3.59. The molecule has 5 heteroatoms. The predicted molar refractivity (Wildman–Crippen MR) is 80.4 cm³/mol. The van der Waals surface area contributed by atoms with Gasteiger partial charge in [0.2, 0.25) is 0 Å². The molecule has 1 N–H and O–H groups in total. The summed E-state index contributed by atoms with van der Waals surface area (Å²) in [6.45, 7) is 5.34. The lowest BCUT2D eigenvalue weighted by Crippen LogP contribution is -2.39. The molecule has 1 aromatic rings. The lowest BCUT2D eigenvalue weighted by atomic mass is 9.76. The Balaban J connectivity index is 1.92. The summed E-state index contributed by atoms with van der Waals surface area (Å²) in [7, 11) is 0. The van der Waals surface area contributed by atoms with Crippen LogP contribution in [0.1, 0.15) is 44.4 Å². The van der Waals surface area contributed by atoms with E-state index in [9.17, 15) is 9.90 Å². The third kappa shape index (κ3) is 2.28. The van der Waals surface area contributed by atoms with Gasteiger partial charge in [-0.15, -0.1) is 0 Å². The highest BCUT2D eigenvalue weighted by atomic mass is 16.4. The molecule has 1 aromatic heterocycles. The van der Waals surface area contributed by atoms with Gasteiger partial charge >= 0.3 is 5.97 Å². The van der Waals surface area contributed by atoms with Gasteiger partial charge in [-0.25, -0.2) is 9.97 Å². The van der Waals surface area contributed by atoms with Gasteiger partial charge in [0.1, 0.15) is 12.1 Å². The Morgan fingerprint density at radius 1 is 1.33 bits per heavy atom.